The second-order valence-electron chi connectivity index (χ2n) is 5.40. The van der Waals surface area contributed by atoms with E-state index in [1.54, 1.807) is 4.68 Å². The monoisotopic (exact) mass is 369 g/mol. The number of thioether (sulfide) groups is 1. The highest BCUT2D eigenvalue weighted by molar-refractivity contribution is 7.99. The van der Waals surface area contributed by atoms with Crippen LogP contribution in [0.15, 0.2) is 59.8 Å². The summed E-state index contributed by atoms with van der Waals surface area (Å²) in [6.45, 7) is 3.11. The lowest BCUT2D eigenvalue weighted by Crippen LogP contribution is -2.14. The molecule has 3 aromatic rings. The molecule has 134 valence electrons. The molecule has 0 aliphatic heterocycles. The number of carbonyl (C=O) groups is 1. The third-order valence-electron chi connectivity index (χ3n) is 3.46. The van der Waals surface area contributed by atoms with Crippen LogP contribution in [0.3, 0.4) is 0 Å². The van der Waals surface area contributed by atoms with Crippen molar-refractivity contribution in [2.24, 2.45) is 0 Å². The molecule has 1 aromatic heterocycles. The van der Waals surface area contributed by atoms with Gasteiger partial charge in [-0.3, -0.25) is 4.79 Å². The van der Waals surface area contributed by atoms with Gasteiger partial charge in [-0.05, 0) is 47.2 Å². The summed E-state index contributed by atoms with van der Waals surface area (Å²) in [7, 11) is 0. The van der Waals surface area contributed by atoms with Crippen molar-refractivity contribution < 1.29 is 9.53 Å². The van der Waals surface area contributed by atoms with E-state index in [2.05, 4.69) is 20.8 Å². The van der Waals surface area contributed by atoms with Crippen molar-refractivity contribution in [3.05, 3.63) is 60.2 Å². The van der Waals surface area contributed by atoms with Gasteiger partial charge in [0.1, 0.15) is 5.75 Å². The van der Waals surface area contributed by atoms with Crippen molar-refractivity contribution in [2.45, 2.75) is 18.6 Å². The Morgan fingerprint density at radius 2 is 1.92 bits per heavy atom. The van der Waals surface area contributed by atoms with Crippen LogP contribution in [-0.4, -0.2) is 38.5 Å². The first kappa shape index (κ1) is 17.9. The van der Waals surface area contributed by atoms with Crippen LogP contribution in [0.25, 0.3) is 0 Å². The number of nitrogens with zero attached hydrogens (tertiary/aromatic N) is 4. The number of anilines is 1. The van der Waals surface area contributed by atoms with Gasteiger partial charge in [0.05, 0.1) is 18.9 Å². The molecule has 0 spiro atoms. The summed E-state index contributed by atoms with van der Waals surface area (Å²) >= 11 is 1.30. The second kappa shape index (κ2) is 9.00. The van der Waals surface area contributed by atoms with Gasteiger partial charge in [0.2, 0.25) is 11.1 Å². The Labute approximate surface area is 155 Å². The van der Waals surface area contributed by atoms with Gasteiger partial charge in [-0.25, -0.2) is 4.68 Å². The maximum Gasteiger partial charge on any atom is 0.234 e. The van der Waals surface area contributed by atoms with Gasteiger partial charge in [-0.15, -0.1) is 5.10 Å². The van der Waals surface area contributed by atoms with Gasteiger partial charge in [-0.1, -0.05) is 42.1 Å². The van der Waals surface area contributed by atoms with Crippen molar-refractivity contribution in [3.63, 3.8) is 0 Å². The molecule has 0 atom stereocenters. The largest absolute Gasteiger partial charge is 0.494 e. The minimum Gasteiger partial charge on any atom is -0.494 e. The SMILES string of the molecule is CCOc1ccc(NC(=O)CSc2nnnn2Cc2ccccc2)cc1. The average Bonchev–Trinajstić information content (AvgIpc) is 3.10. The minimum atomic E-state index is -0.117. The van der Waals surface area contributed by atoms with Crippen LogP contribution in [0.5, 0.6) is 5.75 Å². The van der Waals surface area contributed by atoms with Crippen LogP contribution < -0.4 is 10.1 Å². The van der Waals surface area contributed by atoms with Crippen LogP contribution in [0.4, 0.5) is 5.69 Å². The van der Waals surface area contributed by atoms with Crippen LogP contribution in [0.1, 0.15) is 12.5 Å². The molecule has 0 saturated heterocycles. The van der Waals surface area contributed by atoms with Crippen LogP contribution in [-0.2, 0) is 11.3 Å². The zero-order valence-electron chi connectivity index (χ0n) is 14.3. The second-order valence-corrected chi connectivity index (χ2v) is 6.34. The summed E-state index contributed by atoms with van der Waals surface area (Å²) in [5.41, 5.74) is 1.82. The lowest BCUT2D eigenvalue weighted by atomic mass is 10.2. The van der Waals surface area contributed by atoms with Gasteiger partial charge in [0.25, 0.3) is 0 Å². The fraction of sp³-hybridized carbons (Fsp3) is 0.222. The number of rotatable bonds is 8. The Hall–Kier alpha value is -2.87. The highest BCUT2D eigenvalue weighted by Crippen LogP contribution is 2.18. The van der Waals surface area contributed by atoms with Crippen molar-refractivity contribution in [1.29, 1.82) is 0 Å². The molecule has 0 fully saturated rings. The molecule has 2 aromatic carbocycles. The van der Waals surface area contributed by atoms with E-state index in [9.17, 15) is 4.79 Å². The summed E-state index contributed by atoms with van der Waals surface area (Å²) in [4.78, 5) is 12.1. The number of ether oxygens (including phenoxy) is 1. The Balaban J connectivity index is 1.52. The molecule has 1 heterocycles. The fourth-order valence-corrected chi connectivity index (χ4v) is 2.96. The van der Waals surface area contributed by atoms with E-state index in [0.717, 1.165) is 17.0 Å². The van der Waals surface area contributed by atoms with Gasteiger partial charge in [0.15, 0.2) is 0 Å². The van der Waals surface area contributed by atoms with Gasteiger partial charge in [-0.2, -0.15) is 0 Å². The quantitative estimate of drug-likeness (QED) is 0.615. The number of nitrogens with one attached hydrogen (secondary N) is 1. The first-order valence-electron chi connectivity index (χ1n) is 8.20. The van der Waals surface area contributed by atoms with E-state index in [1.165, 1.54) is 11.8 Å². The number of tetrazole rings is 1. The number of hydrogen-bond donors (Lipinski definition) is 1. The average molecular weight is 369 g/mol. The van der Waals surface area contributed by atoms with Crippen molar-refractivity contribution in [3.8, 4) is 5.75 Å². The van der Waals surface area contributed by atoms with Crippen LogP contribution >= 0.6 is 11.8 Å². The lowest BCUT2D eigenvalue weighted by Gasteiger charge is -2.07. The van der Waals surface area contributed by atoms with Crippen molar-refractivity contribution >= 4 is 23.4 Å². The highest BCUT2D eigenvalue weighted by atomic mass is 32.2. The van der Waals surface area contributed by atoms with E-state index in [-0.39, 0.29) is 11.7 Å². The minimum absolute atomic E-state index is 0.117. The van der Waals surface area contributed by atoms with E-state index in [1.807, 2.05) is 61.5 Å². The predicted molar refractivity (Wildman–Crippen MR) is 100 cm³/mol. The van der Waals surface area contributed by atoms with Crippen LogP contribution in [0.2, 0.25) is 0 Å². The molecule has 0 aliphatic carbocycles. The Kier molecular flexibility index (Phi) is 6.21. The molecule has 8 heteroatoms. The van der Waals surface area contributed by atoms with Crippen molar-refractivity contribution in [1.82, 2.24) is 20.2 Å². The Bertz CT molecular complexity index is 836. The third-order valence-corrected chi connectivity index (χ3v) is 4.41. The molecular formula is C18H19N5O2S. The number of hydrogen-bond acceptors (Lipinski definition) is 6. The summed E-state index contributed by atoms with van der Waals surface area (Å²) in [6, 6.07) is 17.2. The zero-order chi connectivity index (χ0) is 18.2. The first-order chi connectivity index (χ1) is 12.7. The molecule has 0 unspecified atom stereocenters. The molecule has 3 rings (SSSR count). The Morgan fingerprint density at radius 3 is 2.65 bits per heavy atom. The molecule has 0 aliphatic rings. The topological polar surface area (TPSA) is 81.9 Å². The van der Waals surface area contributed by atoms with Crippen LogP contribution in [0, 0.1) is 0 Å². The van der Waals surface area contributed by atoms with E-state index in [4.69, 9.17) is 4.74 Å². The zero-order valence-corrected chi connectivity index (χ0v) is 15.1. The molecule has 0 radical (unpaired) electrons. The fourth-order valence-electron chi connectivity index (χ4n) is 2.28. The Morgan fingerprint density at radius 1 is 1.15 bits per heavy atom. The first-order valence-corrected chi connectivity index (χ1v) is 9.19. The number of benzene rings is 2. The maximum absolute atomic E-state index is 12.1. The molecule has 7 nitrogen and oxygen atoms in total. The molecule has 0 saturated carbocycles. The molecule has 1 amide bonds. The van der Waals surface area contributed by atoms with Gasteiger partial charge < -0.3 is 10.1 Å². The normalized spacial score (nSPS) is 10.5. The maximum atomic E-state index is 12.1. The van der Waals surface area contributed by atoms with E-state index in [0.29, 0.717) is 18.3 Å². The van der Waals surface area contributed by atoms with E-state index < -0.39 is 0 Å². The molecular weight excluding hydrogens is 350 g/mol. The standard InChI is InChI=1S/C18H19N5O2S/c1-2-25-16-10-8-15(9-11-16)19-17(24)13-26-18-20-21-22-23(18)12-14-6-4-3-5-7-14/h3-11H,2,12-13H2,1H3,(H,19,24). The predicted octanol–water partition coefficient (Wildman–Crippen LogP) is 2.85. The number of amides is 1. The van der Waals surface area contributed by atoms with Crippen molar-refractivity contribution in [2.75, 3.05) is 17.7 Å². The smallest absolute Gasteiger partial charge is 0.234 e. The summed E-state index contributed by atoms with van der Waals surface area (Å²) in [6.07, 6.45) is 0. The molecule has 26 heavy (non-hydrogen) atoms. The number of carbonyl (C=O) groups excluding carboxylic acids is 1. The molecule has 0 bridgehead atoms. The van der Waals surface area contributed by atoms with Gasteiger partial charge in [0, 0.05) is 5.69 Å². The highest BCUT2D eigenvalue weighted by Gasteiger charge is 2.11. The third kappa shape index (κ3) is 5.06. The number of aromatic nitrogens is 4. The summed E-state index contributed by atoms with van der Waals surface area (Å²) in [5, 5.41) is 15.1. The van der Waals surface area contributed by atoms with Gasteiger partial charge >= 0.3 is 0 Å². The van der Waals surface area contributed by atoms with E-state index >= 15 is 0 Å². The molecule has 1 N–H and O–H groups in total. The summed E-state index contributed by atoms with van der Waals surface area (Å²) < 4.78 is 7.07. The summed E-state index contributed by atoms with van der Waals surface area (Å²) in [5.74, 6) is 0.885. The lowest BCUT2D eigenvalue weighted by molar-refractivity contribution is -0.113.